The topological polar surface area (TPSA) is 24.9 Å². The lowest BCUT2D eigenvalue weighted by molar-refractivity contribution is 0.00578. The minimum absolute atomic E-state index is 0.161. The van der Waals surface area contributed by atoms with Crippen molar-refractivity contribution in [3.8, 4) is 0 Å². The largest absolute Gasteiger partial charge is 0.495 e. The Hall–Kier alpha value is -1.04. The second-order valence-electron chi connectivity index (χ2n) is 6.75. The van der Waals surface area contributed by atoms with E-state index in [9.17, 15) is 0 Å². The minimum atomic E-state index is -3.45. The van der Waals surface area contributed by atoms with Crippen molar-refractivity contribution >= 4 is 18.3 Å². The lowest BCUT2D eigenvalue weighted by Gasteiger charge is -2.34. The van der Waals surface area contributed by atoms with Gasteiger partial charge in [-0.2, -0.15) is 0 Å². The Morgan fingerprint density at radius 1 is 1.09 bits per heavy atom. The molecule has 0 radical (unpaired) electrons. The predicted octanol–water partition coefficient (Wildman–Crippen LogP) is 2.05. The number of benzene rings is 1. The number of likely N-dealkylation sites (N-methyl/N-ethyl adjacent to an activating group) is 1. The first-order chi connectivity index (χ1) is 14.9. The van der Waals surface area contributed by atoms with Gasteiger partial charge in [-0.25, -0.2) is 0 Å². The summed E-state index contributed by atoms with van der Waals surface area (Å²) in [6, 6.07) is 4.23. The van der Waals surface area contributed by atoms with E-state index >= 15 is 0 Å². The van der Waals surface area contributed by atoms with Crippen molar-refractivity contribution in [2.45, 2.75) is 45.8 Å². The molecule has 2 aliphatic heterocycles. The summed E-state index contributed by atoms with van der Waals surface area (Å²) < 4.78 is 102. The fourth-order valence-corrected chi connectivity index (χ4v) is 2.42. The van der Waals surface area contributed by atoms with Crippen LogP contribution in [0.1, 0.15) is 48.3 Å². The van der Waals surface area contributed by atoms with Crippen LogP contribution in [0, 0.1) is 6.92 Å². The Morgan fingerprint density at radius 3 is 2.22 bits per heavy atom. The van der Waals surface area contributed by atoms with E-state index in [2.05, 4.69) is 0 Å². The van der Waals surface area contributed by atoms with Gasteiger partial charge in [0.05, 0.1) is 16.7 Å². The smallest absolute Gasteiger partial charge is 0.399 e. The van der Waals surface area contributed by atoms with Crippen molar-refractivity contribution in [2.24, 2.45) is 0 Å². The summed E-state index contributed by atoms with van der Waals surface area (Å²) in [5.74, 6) is 0. The van der Waals surface area contributed by atoms with Crippen molar-refractivity contribution < 1.29 is 24.4 Å². The summed E-state index contributed by atoms with van der Waals surface area (Å²) in [7, 11) is -0.752. The van der Waals surface area contributed by atoms with Gasteiger partial charge in [0, 0.05) is 41.3 Å². The number of anilines is 1. The van der Waals surface area contributed by atoms with Crippen LogP contribution in [0.3, 0.4) is 0 Å². The molecule has 126 valence electrons. The van der Waals surface area contributed by atoms with E-state index in [-0.39, 0.29) is 10.6 Å². The molecule has 5 heteroatoms. The monoisotopic (exact) mass is 327 g/mol. The van der Waals surface area contributed by atoms with Crippen molar-refractivity contribution in [2.75, 3.05) is 37.9 Å². The second-order valence-corrected chi connectivity index (χ2v) is 6.75. The van der Waals surface area contributed by atoms with E-state index in [1.165, 1.54) is 18.2 Å². The van der Waals surface area contributed by atoms with Crippen molar-refractivity contribution in [3.05, 3.63) is 23.8 Å². The first-order valence-corrected chi connectivity index (χ1v) is 7.50. The third kappa shape index (κ3) is 3.15. The van der Waals surface area contributed by atoms with Gasteiger partial charge < -0.3 is 19.1 Å². The summed E-state index contributed by atoms with van der Waals surface area (Å²) in [6.45, 7) is -7.64. The second kappa shape index (κ2) is 5.80. The molecule has 0 amide bonds. The fraction of sp³-hybridized carbons (Fsp3) is 0.667. The number of hydrogen-bond donors (Lipinski definition) is 0. The minimum Gasteiger partial charge on any atom is -0.399 e. The summed E-state index contributed by atoms with van der Waals surface area (Å²) in [6.07, 6.45) is 0. The fourth-order valence-electron chi connectivity index (χ4n) is 2.42. The molecule has 1 aromatic carbocycles. The van der Waals surface area contributed by atoms with Gasteiger partial charge in [-0.05, 0) is 64.8 Å². The molecule has 2 heterocycles. The molecule has 4 nitrogen and oxygen atoms in total. The van der Waals surface area contributed by atoms with E-state index in [1.807, 2.05) is 27.7 Å². The molecule has 0 N–H and O–H groups in total. The zero-order valence-corrected chi connectivity index (χ0v) is 14.0. The van der Waals surface area contributed by atoms with Crippen LogP contribution in [0.5, 0.6) is 0 Å². The SMILES string of the molecule is [2H]C([2H])([2H])N1C([2H])([2H])C([2H])([2H])N(c2ccc(B3OC(C)(C)C(C)(C)O3)c(C)c2)C([2H])([2H])C1([2H])[2H]. The van der Waals surface area contributed by atoms with Gasteiger partial charge in [-0.1, -0.05) is 6.07 Å². The number of piperazine rings is 1. The molecule has 2 saturated heterocycles. The van der Waals surface area contributed by atoms with Crippen LogP contribution in [0.15, 0.2) is 18.2 Å². The number of aryl methyl sites for hydroxylation is 1. The maximum atomic E-state index is 8.43. The Balaban J connectivity index is 2.12. The molecule has 0 aliphatic carbocycles. The number of rotatable bonds is 2. The molecule has 0 aromatic heterocycles. The zero-order valence-electron chi connectivity index (χ0n) is 25.0. The quantitative estimate of drug-likeness (QED) is 0.776. The lowest BCUT2D eigenvalue weighted by Crippen LogP contribution is -2.44. The first kappa shape index (κ1) is 7.90. The highest BCUT2D eigenvalue weighted by molar-refractivity contribution is 6.62. The molecule has 1 aromatic rings. The van der Waals surface area contributed by atoms with Gasteiger partial charge in [0.15, 0.2) is 0 Å². The van der Waals surface area contributed by atoms with Crippen LogP contribution >= 0.6 is 0 Å². The van der Waals surface area contributed by atoms with Crippen LogP contribution in [0.25, 0.3) is 0 Å². The van der Waals surface area contributed by atoms with Crippen LogP contribution in [0.2, 0.25) is 0 Å². The van der Waals surface area contributed by atoms with Crippen LogP contribution in [-0.2, 0) is 9.31 Å². The van der Waals surface area contributed by atoms with Crippen LogP contribution in [0.4, 0.5) is 5.69 Å². The molecule has 2 fully saturated rings. The van der Waals surface area contributed by atoms with Crippen molar-refractivity contribution in [3.63, 3.8) is 0 Å². The van der Waals surface area contributed by atoms with Crippen molar-refractivity contribution in [1.82, 2.24) is 4.90 Å². The maximum absolute atomic E-state index is 8.43. The number of nitrogens with zero attached hydrogens (tertiary/aromatic N) is 2. The van der Waals surface area contributed by atoms with Gasteiger partial charge in [0.1, 0.15) is 0 Å². The van der Waals surface area contributed by atoms with E-state index in [4.69, 9.17) is 24.4 Å². The molecule has 0 atom stereocenters. The van der Waals surface area contributed by atoms with Gasteiger partial charge >= 0.3 is 7.12 Å². The molecule has 2 aliphatic rings. The summed E-state index contributed by atoms with van der Waals surface area (Å²) in [5.41, 5.74) is -0.284. The number of hydrogen-bond acceptors (Lipinski definition) is 4. The summed E-state index contributed by atoms with van der Waals surface area (Å²) >= 11 is 0. The first-order valence-electron chi connectivity index (χ1n) is 13.0. The third-order valence-electron chi connectivity index (χ3n) is 4.57. The average molecular weight is 327 g/mol. The van der Waals surface area contributed by atoms with Gasteiger partial charge in [-0.3, -0.25) is 0 Å². The zero-order chi connectivity index (χ0) is 26.5. The molecule has 0 unspecified atom stereocenters. The molecule has 0 spiro atoms. The van der Waals surface area contributed by atoms with E-state index in [1.54, 1.807) is 6.92 Å². The van der Waals surface area contributed by atoms with E-state index < -0.39 is 51.3 Å². The predicted molar refractivity (Wildman–Crippen MR) is 96.6 cm³/mol. The highest BCUT2D eigenvalue weighted by Crippen LogP contribution is 2.36. The third-order valence-corrected chi connectivity index (χ3v) is 4.57. The Morgan fingerprint density at radius 2 is 1.70 bits per heavy atom. The Kier molecular flexibility index (Phi) is 1.99. The Labute approximate surface area is 156 Å². The van der Waals surface area contributed by atoms with Crippen molar-refractivity contribution in [1.29, 1.82) is 0 Å². The molecular weight excluding hydrogens is 287 g/mol. The molecule has 0 bridgehead atoms. The van der Waals surface area contributed by atoms with Crippen LogP contribution < -0.4 is 10.4 Å². The van der Waals surface area contributed by atoms with E-state index in [0.717, 1.165) is 0 Å². The van der Waals surface area contributed by atoms with Gasteiger partial charge in [0.25, 0.3) is 0 Å². The highest BCUT2D eigenvalue weighted by atomic mass is 16.7. The normalized spacial score (nSPS) is 40.7. The van der Waals surface area contributed by atoms with Gasteiger partial charge in [-0.15, -0.1) is 0 Å². The molecule has 23 heavy (non-hydrogen) atoms. The average Bonchev–Trinajstić information content (AvgIpc) is 2.78. The van der Waals surface area contributed by atoms with Crippen LogP contribution in [-0.4, -0.2) is 56.2 Å². The molecular formula is C18H29BN2O2. The standard InChI is InChI=1S/C18H29BN2O2/c1-14-13-15(21-11-9-20(6)10-12-21)7-8-16(14)19-22-17(2,3)18(4,5)23-19/h7-8,13H,9-12H2,1-6H3/i6D3,9D2,10D2,11D2,12D2. The summed E-state index contributed by atoms with van der Waals surface area (Å²) in [4.78, 5) is -0.00163. The highest BCUT2D eigenvalue weighted by Gasteiger charge is 2.52. The lowest BCUT2D eigenvalue weighted by atomic mass is 9.76. The van der Waals surface area contributed by atoms with Gasteiger partial charge in [0.2, 0.25) is 0 Å². The molecule has 0 saturated carbocycles. The van der Waals surface area contributed by atoms with E-state index in [0.29, 0.717) is 15.9 Å². The molecule has 3 rings (SSSR count). The summed E-state index contributed by atoms with van der Waals surface area (Å²) in [5, 5.41) is 0. The maximum Gasteiger partial charge on any atom is 0.495 e. The Bertz CT molecular complexity index is 937.